The lowest BCUT2D eigenvalue weighted by Gasteiger charge is -1.99. The van der Waals surface area contributed by atoms with E-state index in [0.29, 0.717) is 0 Å². The Balaban J connectivity index is 2.40. The first-order valence-electron chi connectivity index (χ1n) is 6.89. The molecule has 1 nitrogen and oxygen atoms in total. The van der Waals surface area contributed by atoms with E-state index < -0.39 is 0 Å². The van der Waals surface area contributed by atoms with Crippen molar-refractivity contribution in [1.29, 1.82) is 0 Å². The first kappa shape index (κ1) is 11.3. The van der Waals surface area contributed by atoms with E-state index in [1.54, 1.807) is 0 Å². The third-order valence-electron chi connectivity index (χ3n) is 4.03. The van der Waals surface area contributed by atoms with Gasteiger partial charge in [0.25, 0.3) is 0 Å². The average molecular weight is 257 g/mol. The molecule has 0 radical (unpaired) electrons. The average Bonchev–Trinajstić information content (AvgIpc) is 2.99. The van der Waals surface area contributed by atoms with Crippen LogP contribution in [0.5, 0.6) is 0 Å². The van der Waals surface area contributed by atoms with Crippen molar-refractivity contribution in [1.82, 2.24) is 4.40 Å². The molecule has 0 saturated carbocycles. The fourth-order valence-corrected chi connectivity index (χ4v) is 3.29. The quantitative estimate of drug-likeness (QED) is 0.455. The van der Waals surface area contributed by atoms with E-state index >= 15 is 0 Å². The molecule has 4 rings (SSSR count). The maximum absolute atomic E-state index is 4.02. The van der Waals surface area contributed by atoms with Crippen LogP contribution in [0.2, 0.25) is 0 Å². The van der Waals surface area contributed by atoms with Crippen LogP contribution in [-0.2, 0) is 0 Å². The number of allylic oxidation sites excluding steroid dienone is 1. The van der Waals surface area contributed by atoms with Crippen LogP contribution in [-0.4, -0.2) is 4.40 Å². The number of para-hydroxylation sites is 2. The van der Waals surface area contributed by atoms with Gasteiger partial charge < -0.3 is 4.40 Å². The number of aromatic nitrogens is 1. The summed E-state index contributed by atoms with van der Waals surface area (Å²) >= 11 is 0. The summed E-state index contributed by atoms with van der Waals surface area (Å²) in [5, 5.41) is 3.92. The van der Waals surface area contributed by atoms with E-state index in [-0.39, 0.29) is 0 Å². The molecular weight excluding hydrogens is 242 g/mol. The minimum absolute atomic E-state index is 1.18. The van der Waals surface area contributed by atoms with Gasteiger partial charge in [0.05, 0.1) is 16.7 Å². The second kappa shape index (κ2) is 3.97. The van der Waals surface area contributed by atoms with Crippen LogP contribution < -0.4 is 0 Å². The topological polar surface area (TPSA) is 4.41 Å². The van der Waals surface area contributed by atoms with Crippen molar-refractivity contribution in [3.63, 3.8) is 0 Å². The van der Waals surface area contributed by atoms with Gasteiger partial charge in [-0.1, -0.05) is 55.1 Å². The summed E-state index contributed by atoms with van der Waals surface area (Å²) in [6.45, 7) is 6.07. The number of fused-ring (bicyclic) bond motifs is 3. The van der Waals surface area contributed by atoms with Gasteiger partial charge in [0, 0.05) is 21.7 Å². The summed E-state index contributed by atoms with van der Waals surface area (Å²) in [6, 6.07) is 15.1. The second-order valence-electron chi connectivity index (χ2n) is 5.06. The maximum atomic E-state index is 4.02. The van der Waals surface area contributed by atoms with Crippen molar-refractivity contribution in [3.8, 4) is 0 Å². The minimum atomic E-state index is 1.18. The Morgan fingerprint density at radius 3 is 2.50 bits per heavy atom. The molecular formula is C19H15N. The Morgan fingerprint density at radius 2 is 1.70 bits per heavy atom. The van der Waals surface area contributed by atoms with Crippen molar-refractivity contribution >= 4 is 39.3 Å². The Kier molecular flexibility index (Phi) is 2.25. The van der Waals surface area contributed by atoms with Gasteiger partial charge in [-0.15, -0.1) is 0 Å². The summed E-state index contributed by atoms with van der Waals surface area (Å²) in [4.78, 5) is 0. The number of nitrogens with zero attached hydrogens (tertiary/aromatic N) is 1. The molecule has 2 aromatic carbocycles. The zero-order chi connectivity index (χ0) is 13.7. The van der Waals surface area contributed by atoms with Gasteiger partial charge in [-0.2, -0.15) is 0 Å². The third kappa shape index (κ3) is 1.22. The largest absolute Gasteiger partial charge is 0.308 e. The zero-order valence-corrected chi connectivity index (χ0v) is 11.4. The van der Waals surface area contributed by atoms with Gasteiger partial charge in [-0.25, -0.2) is 0 Å². The summed E-state index contributed by atoms with van der Waals surface area (Å²) in [7, 11) is 0. The highest BCUT2D eigenvalue weighted by molar-refractivity contribution is 6.17. The van der Waals surface area contributed by atoms with Crippen molar-refractivity contribution in [2.45, 2.75) is 6.92 Å². The van der Waals surface area contributed by atoms with E-state index in [4.69, 9.17) is 0 Å². The Labute approximate surface area is 117 Å². The van der Waals surface area contributed by atoms with Crippen molar-refractivity contribution in [2.75, 3.05) is 0 Å². The molecule has 2 heterocycles. The predicted octanol–water partition coefficient (Wildman–Crippen LogP) is 5.36. The van der Waals surface area contributed by atoms with Gasteiger partial charge in [-0.05, 0) is 19.1 Å². The molecule has 20 heavy (non-hydrogen) atoms. The van der Waals surface area contributed by atoms with Crippen LogP contribution in [0.15, 0.2) is 55.1 Å². The van der Waals surface area contributed by atoms with E-state index in [0.717, 1.165) is 0 Å². The first-order chi connectivity index (χ1) is 9.86. The molecule has 2 aromatic heterocycles. The summed E-state index contributed by atoms with van der Waals surface area (Å²) in [5.41, 5.74) is 4.99. The van der Waals surface area contributed by atoms with Gasteiger partial charge in [0.1, 0.15) is 0 Å². The molecule has 0 spiro atoms. The number of hydrogen-bond acceptors (Lipinski definition) is 0. The molecule has 0 unspecified atom stereocenters. The third-order valence-corrected chi connectivity index (χ3v) is 4.03. The Bertz CT molecular complexity index is 970. The highest BCUT2D eigenvalue weighted by Crippen LogP contribution is 2.38. The standard InChI is InChI=1S/C19H15N/c1-3-8-13-15-10-7-11-16-14-9-5-6-12-18(14)20(19(15)16)17(13)4-2/h3-12H,2H2,1H3/b8-3-. The fraction of sp³-hybridized carbons (Fsp3) is 0.0526. The summed E-state index contributed by atoms with van der Waals surface area (Å²) in [6.07, 6.45) is 6.22. The zero-order valence-electron chi connectivity index (χ0n) is 11.4. The molecule has 0 bridgehead atoms. The Morgan fingerprint density at radius 1 is 0.950 bits per heavy atom. The number of benzene rings is 2. The van der Waals surface area contributed by atoms with Crippen molar-refractivity contribution in [3.05, 3.63) is 66.4 Å². The molecule has 0 aliphatic heterocycles. The lowest BCUT2D eigenvalue weighted by molar-refractivity contribution is 1.27. The van der Waals surface area contributed by atoms with Crippen LogP contribution in [0.4, 0.5) is 0 Å². The highest BCUT2D eigenvalue weighted by atomic mass is 14.9. The van der Waals surface area contributed by atoms with E-state index in [1.165, 1.54) is 38.4 Å². The van der Waals surface area contributed by atoms with Gasteiger partial charge in [0.2, 0.25) is 0 Å². The van der Waals surface area contributed by atoms with Gasteiger partial charge in [0.15, 0.2) is 0 Å². The van der Waals surface area contributed by atoms with Crippen LogP contribution in [0.25, 0.3) is 39.3 Å². The second-order valence-corrected chi connectivity index (χ2v) is 5.06. The lowest BCUT2D eigenvalue weighted by atomic mass is 10.1. The van der Waals surface area contributed by atoms with Crippen LogP contribution >= 0.6 is 0 Å². The molecule has 0 aliphatic carbocycles. The van der Waals surface area contributed by atoms with E-state index in [1.807, 2.05) is 6.08 Å². The monoisotopic (exact) mass is 257 g/mol. The molecule has 0 N–H and O–H groups in total. The molecule has 1 heteroatoms. The van der Waals surface area contributed by atoms with Crippen LogP contribution in [0.1, 0.15) is 18.2 Å². The normalized spacial score (nSPS) is 12.2. The molecule has 4 aromatic rings. The summed E-state index contributed by atoms with van der Waals surface area (Å²) in [5.74, 6) is 0. The molecule has 0 amide bonds. The summed E-state index contributed by atoms with van der Waals surface area (Å²) < 4.78 is 2.34. The molecule has 96 valence electrons. The smallest absolute Gasteiger partial charge is 0.0620 e. The van der Waals surface area contributed by atoms with Crippen LogP contribution in [0.3, 0.4) is 0 Å². The number of hydrogen-bond donors (Lipinski definition) is 0. The van der Waals surface area contributed by atoms with E-state index in [9.17, 15) is 0 Å². The van der Waals surface area contributed by atoms with Gasteiger partial charge >= 0.3 is 0 Å². The molecule has 0 atom stereocenters. The lowest BCUT2D eigenvalue weighted by Crippen LogP contribution is -1.84. The Hall–Kier alpha value is -2.54. The van der Waals surface area contributed by atoms with Crippen molar-refractivity contribution in [2.24, 2.45) is 0 Å². The molecule has 0 aliphatic rings. The first-order valence-corrected chi connectivity index (χ1v) is 6.89. The molecule has 0 fully saturated rings. The van der Waals surface area contributed by atoms with Crippen molar-refractivity contribution < 1.29 is 0 Å². The predicted molar refractivity (Wildman–Crippen MR) is 88.4 cm³/mol. The molecule has 0 saturated heterocycles. The van der Waals surface area contributed by atoms with Gasteiger partial charge in [-0.3, -0.25) is 0 Å². The fourth-order valence-electron chi connectivity index (χ4n) is 3.29. The van der Waals surface area contributed by atoms with Crippen LogP contribution in [0, 0.1) is 0 Å². The highest BCUT2D eigenvalue weighted by Gasteiger charge is 2.17. The van der Waals surface area contributed by atoms with E-state index in [2.05, 4.69) is 72.5 Å². The minimum Gasteiger partial charge on any atom is -0.308 e. The number of rotatable bonds is 2. The maximum Gasteiger partial charge on any atom is 0.0620 e. The SMILES string of the molecule is C=Cc1c(/C=C\C)c2cccc3c4ccccc4n1c23.